The number of aromatic hydroxyl groups is 1. The van der Waals surface area contributed by atoms with E-state index in [1.807, 2.05) is 4.90 Å². The van der Waals surface area contributed by atoms with Crippen LogP contribution in [0, 0.1) is 0 Å². The second-order valence-electron chi connectivity index (χ2n) is 5.56. The summed E-state index contributed by atoms with van der Waals surface area (Å²) >= 11 is 0. The summed E-state index contributed by atoms with van der Waals surface area (Å²) in [6.07, 6.45) is 2.99. The van der Waals surface area contributed by atoms with Gasteiger partial charge in [0.2, 0.25) is 0 Å². The third-order valence-corrected chi connectivity index (χ3v) is 3.77. The van der Waals surface area contributed by atoms with Crippen molar-refractivity contribution in [3.8, 4) is 5.75 Å². The van der Waals surface area contributed by atoms with Crippen LogP contribution < -0.4 is 0 Å². The Labute approximate surface area is 145 Å². The van der Waals surface area contributed by atoms with E-state index in [2.05, 4.69) is 9.74 Å². The van der Waals surface area contributed by atoms with Crippen LogP contribution >= 0.6 is 0 Å². The number of esters is 1. The second kappa shape index (κ2) is 10.1. The number of piperazine rings is 1. The van der Waals surface area contributed by atoms with Crippen LogP contribution in [-0.4, -0.2) is 82.7 Å². The van der Waals surface area contributed by atoms with Crippen LogP contribution in [0.3, 0.4) is 0 Å². The van der Waals surface area contributed by atoms with Crippen LogP contribution in [0.25, 0.3) is 6.08 Å². The fourth-order valence-corrected chi connectivity index (χ4v) is 2.35. The van der Waals surface area contributed by atoms with Crippen molar-refractivity contribution in [3.63, 3.8) is 0 Å². The van der Waals surface area contributed by atoms with E-state index in [1.54, 1.807) is 30.3 Å². The van der Waals surface area contributed by atoms with Gasteiger partial charge in [-0.3, -0.25) is 20.2 Å². The molecule has 1 saturated heterocycles. The summed E-state index contributed by atoms with van der Waals surface area (Å²) in [5.74, 6) is -0.245. The lowest BCUT2D eigenvalue weighted by molar-refractivity contribution is -0.492. The zero-order chi connectivity index (χ0) is 18.1. The maximum Gasteiger partial charge on any atom is 0.332 e. The number of nitrogens with zero attached hydrogens (tertiary/aromatic N) is 3. The predicted molar refractivity (Wildman–Crippen MR) is 87.5 cm³/mol. The molecule has 0 saturated carbocycles. The first-order valence-corrected chi connectivity index (χ1v) is 7.92. The average Bonchev–Trinajstić information content (AvgIpc) is 2.60. The van der Waals surface area contributed by atoms with Crippen molar-refractivity contribution in [1.82, 2.24) is 15.2 Å². The number of hydrogen-bond acceptors (Lipinski definition) is 9. The Kier molecular flexibility index (Phi) is 7.79. The molecule has 0 aromatic heterocycles. The molecular formula is C16H23N3O6. The van der Waals surface area contributed by atoms with Gasteiger partial charge in [0.05, 0.1) is 12.0 Å². The van der Waals surface area contributed by atoms with Gasteiger partial charge in [0.15, 0.2) is 0 Å². The van der Waals surface area contributed by atoms with Crippen LogP contribution in [0.5, 0.6) is 5.75 Å². The third-order valence-electron chi connectivity index (χ3n) is 3.77. The first-order chi connectivity index (χ1) is 12.0. The standard InChI is InChI=1S/C16H23N3O6/c20-15-4-1-14(2-5-15)3-6-16(21)24-13-18-9-7-17(8-10-18)11-12-25-19(22)23/h1-6,20,22-23H,7-13H2/b6-3+. The summed E-state index contributed by atoms with van der Waals surface area (Å²) in [6, 6.07) is 6.51. The van der Waals surface area contributed by atoms with Gasteiger partial charge in [0.1, 0.15) is 12.5 Å². The normalized spacial score (nSPS) is 16.6. The van der Waals surface area contributed by atoms with Crippen molar-refractivity contribution in [2.24, 2.45) is 0 Å². The highest BCUT2D eigenvalue weighted by Crippen LogP contribution is 2.10. The van der Waals surface area contributed by atoms with Gasteiger partial charge < -0.3 is 9.84 Å². The lowest BCUT2D eigenvalue weighted by Crippen LogP contribution is -2.48. The number of rotatable bonds is 8. The quantitative estimate of drug-likeness (QED) is 0.351. The van der Waals surface area contributed by atoms with Crippen LogP contribution in [0.2, 0.25) is 0 Å². The maximum absolute atomic E-state index is 11.7. The Bertz CT molecular complexity index is 555. The molecule has 1 aromatic carbocycles. The van der Waals surface area contributed by atoms with Gasteiger partial charge in [-0.2, -0.15) is 0 Å². The molecule has 25 heavy (non-hydrogen) atoms. The molecular weight excluding hydrogens is 330 g/mol. The molecule has 0 spiro atoms. The lowest BCUT2D eigenvalue weighted by atomic mass is 10.2. The number of phenols is 1. The minimum Gasteiger partial charge on any atom is -0.508 e. The van der Waals surface area contributed by atoms with E-state index in [0.29, 0.717) is 6.54 Å². The third kappa shape index (κ3) is 7.61. The van der Waals surface area contributed by atoms with Crippen molar-refractivity contribution < 1.29 is 29.9 Å². The Morgan fingerprint density at radius 3 is 2.40 bits per heavy atom. The molecule has 9 nitrogen and oxygen atoms in total. The monoisotopic (exact) mass is 353 g/mol. The molecule has 1 fully saturated rings. The highest BCUT2D eigenvalue weighted by atomic mass is 17.1. The van der Waals surface area contributed by atoms with Gasteiger partial charge in [-0.25, -0.2) is 9.63 Å². The second-order valence-corrected chi connectivity index (χ2v) is 5.56. The van der Waals surface area contributed by atoms with Crippen molar-refractivity contribution >= 4 is 12.0 Å². The van der Waals surface area contributed by atoms with E-state index in [0.717, 1.165) is 31.7 Å². The molecule has 1 aliphatic heterocycles. The van der Waals surface area contributed by atoms with E-state index in [9.17, 15) is 9.90 Å². The van der Waals surface area contributed by atoms with E-state index in [4.69, 9.17) is 15.2 Å². The topological polar surface area (TPSA) is 106 Å². The minimum absolute atomic E-state index is 0.176. The fraction of sp³-hybridized carbons (Fsp3) is 0.438. The Morgan fingerprint density at radius 2 is 1.76 bits per heavy atom. The molecule has 138 valence electrons. The zero-order valence-corrected chi connectivity index (χ0v) is 13.8. The van der Waals surface area contributed by atoms with E-state index >= 15 is 0 Å². The average molecular weight is 353 g/mol. The van der Waals surface area contributed by atoms with Crippen molar-refractivity contribution in [1.29, 1.82) is 0 Å². The molecule has 0 atom stereocenters. The molecule has 0 aliphatic carbocycles. The first kappa shape index (κ1) is 19.3. The van der Waals surface area contributed by atoms with Gasteiger partial charge in [-0.15, -0.1) is 0 Å². The summed E-state index contributed by atoms with van der Waals surface area (Å²) < 4.78 is 5.21. The molecule has 1 aliphatic rings. The summed E-state index contributed by atoms with van der Waals surface area (Å²) in [5, 5.41) is 25.8. The predicted octanol–water partition coefficient (Wildman–Crippen LogP) is 0.536. The number of ether oxygens (including phenoxy) is 1. The molecule has 1 heterocycles. The number of phenolic OH excluding ortho intramolecular Hbond substituents is 1. The van der Waals surface area contributed by atoms with E-state index < -0.39 is 5.97 Å². The first-order valence-electron chi connectivity index (χ1n) is 7.92. The van der Waals surface area contributed by atoms with Crippen LogP contribution in [-0.2, 0) is 14.4 Å². The lowest BCUT2D eigenvalue weighted by Gasteiger charge is -2.33. The van der Waals surface area contributed by atoms with Crippen molar-refractivity contribution in [2.45, 2.75) is 0 Å². The van der Waals surface area contributed by atoms with Gasteiger partial charge in [0, 0.05) is 38.8 Å². The zero-order valence-electron chi connectivity index (χ0n) is 13.8. The summed E-state index contributed by atoms with van der Waals surface area (Å²) in [4.78, 5) is 20.4. The van der Waals surface area contributed by atoms with Crippen LogP contribution in [0.1, 0.15) is 5.56 Å². The SMILES string of the molecule is O=C(/C=C/c1ccc(O)cc1)OCN1CCN(CCON(O)O)CC1. The molecule has 3 N–H and O–H groups in total. The van der Waals surface area contributed by atoms with E-state index in [-0.39, 0.29) is 24.5 Å². The highest BCUT2D eigenvalue weighted by molar-refractivity contribution is 5.87. The number of carbonyl (C=O) groups excluding carboxylic acids is 1. The smallest absolute Gasteiger partial charge is 0.332 e. The van der Waals surface area contributed by atoms with E-state index in [1.165, 1.54) is 6.08 Å². The largest absolute Gasteiger partial charge is 0.508 e. The van der Waals surface area contributed by atoms with Gasteiger partial charge in [-0.05, 0) is 23.8 Å². The Hall–Kier alpha value is -2.01. The van der Waals surface area contributed by atoms with Crippen LogP contribution in [0.4, 0.5) is 0 Å². The number of carbonyl (C=O) groups is 1. The number of benzene rings is 1. The Balaban J connectivity index is 1.62. The fourth-order valence-electron chi connectivity index (χ4n) is 2.35. The molecule has 9 heteroatoms. The molecule has 0 unspecified atom stereocenters. The molecule has 1 aromatic rings. The minimum atomic E-state index is -0.421. The Morgan fingerprint density at radius 1 is 1.12 bits per heavy atom. The summed E-state index contributed by atoms with van der Waals surface area (Å²) in [6.45, 7) is 4.05. The highest BCUT2D eigenvalue weighted by Gasteiger charge is 2.17. The van der Waals surface area contributed by atoms with Crippen LogP contribution in [0.15, 0.2) is 30.3 Å². The summed E-state index contributed by atoms with van der Waals surface area (Å²) in [7, 11) is 0. The molecule has 2 rings (SSSR count). The summed E-state index contributed by atoms with van der Waals surface area (Å²) in [5.41, 5.74) is 0.801. The molecule has 0 amide bonds. The van der Waals surface area contributed by atoms with Crippen molar-refractivity contribution in [3.05, 3.63) is 35.9 Å². The maximum atomic E-state index is 11.7. The van der Waals surface area contributed by atoms with Gasteiger partial charge in [0.25, 0.3) is 0 Å². The molecule has 0 radical (unpaired) electrons. The van der Waals surface area contributed by atoms with Gasteiger partial charge >= 0.3 is 5.97 Å². The van der Waals surface area contributed by atoms with Gasteiger partial charge in [-0.1, -0.05) is 12.1 Å². The number of hydrogen-bond donors (Lipinski definition) is 3. The van der Waals surface area contributed by atoms with Crippen molar-refractivity contribution in [2.75, 3.05) is 46.1 Å². The molecule has 0 bridgehead atoms.